The number of aryl methyl sites for hydroxylation is 1. The molecule has 0 fully saturated rings. The summed E-state index contributed by atoms with van der Waals surface area (Å²) in [6.07, 6.45) is 0.996. The van der Waals surface area contributed by atoms with Crippen molar-refractivity contribution in [1.82, 2.24) is 9.78 Å². The average Bonchev–Trinajstić information content (AvgIpc) is 2.59. The van der Waals surface area contributed by atoms with Crippen LogP contribution in [-0.2, 0) is 13.0 Å². The van der Waals surface area contributed by atoms with E-state index in [1.165, 1.54) is 11.3 Å². The van der Waals surface area contributed by atoms with Crippen LogP contribution in [0.4, 0.5) is 5.69 Å². The molecule has 4 heteroatoms. The monoisotopic (exact) mass is 263 g/mol. The van der Waals surface area contributed by atoms with E-state index in [2.05, 4.69) is 18.9 Å². The molecule has 0 radical (unpaired) electrons. The number of rotatable bonds is 3. The van der Waals surface area contributed by atoms with E-state index in [0.29, 0.717) is 17.3 Å². The van der Waals surface area contributed by atoms with Gasteiger partial charge < -0.3 is 5.73 Å². The third-order valence-electron chi connectivity index (χ3n) is 3.35. The van der Waals surface area contributed by atoms with Gasteiger partial charge in [-0.3, -0.25) is 4.68 Å². The van der Waals surface area contributed by atoms with Crippen LogP contribution in [0.5, 0.6) is 0 Å². The standard InChI is InChI=1S/C14H18ClN3/c1-4-11-9(2)17-18(10(11)3)8-12-13(15)6-5-7-14(12)16/h5-7H,4,8,16H2,1-3H3. The topological polar surface area (TPSA) is 43.8 Å². The number of nitrogens with zero attached hydrogens (tertiary/aromatic N) is 2. The molecule has 1 aromatic carbocycles. The van der Waals surface area contributed by atoms with E-state index in [-0.39, 0.29) is 0 Å². The zero-order valence-corrected chi connectivity index (χ0v) is 11.8. The molecule has 0 aliphatic rings. The number of benzene rings is 1. The molecule has 0 saturated heterocycles. The molecule has 96 valence electrons. The molecule has 2 aromatic rings. The quantitative estimate of drug-likeness (QED) is 0.863. The molecule has 0 saturated carbocycles. The maximum Gasteiger partial charge on any atom is 0.0697 e. The first-order valence-corrected chi connectivity index (χ1v) is 6.48. The Kier molecular flexibility index (Phi) is 3.62. The van der Waals surface area contributed by atoms with Gasteiger partial charge in [0.2, 0.25) is 0 Å². The summed E-state index contributed by atoms with van der Waals surface area (Å²) in [4.78, 5) is 0. The fourth-order valence-corrected chi connectivity index (χ4v) is 2.53. The van der Waals surface area contributed by atoms with Gasteiger partial charge in [-0.1, -0.05) is 24.6 Å². The number of anilines is 1. The SMILES string of the molecule is CCc1c(C)nn(Cc2c(N)cccc2Cl)c1C. The predicted molar refractivity (Wildman–Crippen MR) is 76.0 cm³/mol. The van der Waals surface area contributed by atoms with E-state index >= 15 is 0 Å². The molecule has 0 bridgehead atoms. The van der Waals surface area contributed by atoms with Gasteiger partial charge in [-0.2, -0.15) is 5.10 Å². The molecular weight excluding hydrogens is 246 g/mol. The van der Waals surface area contributed by atoms with Crippen LogP contribution in [-0.4, -0.2) is 9.78 Å². The molecule has 0 atom stereocenters. The summed E-state index contributed by atoms with van der Waals surface area (Å²) in [6, 6.07) is 5.59. The van der Waals surface area contributed by atoms with Crippen LogP contribution < -0.4 is 5.73 Å². The minimum atomic E-state index is 0.623. The Morgan fingerprint density at radius 3 is 2.56 bits per heavy atom. The molecule has 1 aromatic heterocycles. The summed E-state index contributed by atoms with van der Waals surface area (Å²) in [5.41, 5.74) is 11.2. The number of nitrogens with two attached hydrogens (primary N) is 1. The van der Waals surface area contributed by atoms with Crippen molar-refractivity contribution < 1.29 is 0 Å². The van der Waals surface area contributed by atoms with Crippen LogP contribution in [0.15, 0.2) is 18.2 Å². The zero-order chi connectivity index (χ0) is 13.3. The van der Waals surface area contributed by atoms with E-state index in [1.54, 1.807) is 0 Å². The third-order valence-corrected chi connectivity index (χ3v) is 3.70. The van der Waals surface area contributed by atoms with Gasteiger partial charge in [-0.15, -0.1) is 0 Å². The van der Waals surface area contributed by atoms with Crippen LogP contribution in [0.1, 0.15) is 29.4 Å². The fraction of sp³-hybridized carbons (Fsp3) is 0.357. The molecule has 0 aliphatic heterocycles. The third kappa shape index (κ3) is 2.23. The smallest absolute Gasteiger partial charge is 0.0697 e. The van der Waals surface area contributed by atoms with Gasteiger partial charge >= 0.3 is 0 Å². The normalized spacial score (nSPS) is 10.9. The molecule has 18 heavy (non-hydrogen) atoms. The maximum absolute atomic E-state index is 6.19. The molecule has 1 heterocycles. The lowest BCUT2D eigenvalue weighted by molar-refractivity contribution is 0.659. The Bertz CT molecular complexity index is 552. The molecule has 0 amide bonds. The Morgan fingerprint density at radius 1 is 1.28 bits per heavy atom. The van der Waals surface area contributed by atoms with Crippen molar-refractivity contribution in [1.29, 1.82) is 0 Å². The summed E-state index contributed by atoms with van der Waals surface area (Å²) < 4.78 is 1.98. The lowest BCUT2D eigenvalue weighted by Gasteiger charge is -2.10. The number of aromatic nitrogens is 2. The highest BCUT2D eigenvalue weighted by molar-refractivity contribution is 6.31. The van der Waals surface area contributed by atoms with Crippen LogP contribution in [0.3, 0.4) is 0 Å². The zero-order valence-electron chi connectivity index (χ0n) is 11.0. The second-order valence-corrected chi connectivity index (χ2v) is 4.88. The second-order valence-electron chi connectivity index (χ2n) is 4.47. The highest BCUT2D eigenvalue weighted by atomic mass is 35.5. The average molecular weight is 264 g/mol. The summed E-state index contributed by atoms with van der Waals surface area (Å²) in [7, 11) is 0. The van der Waals surface area contributed by atoms with Gasteiger partial charge in [0.25, 0.3) is 0 Å². The number of hydrogen-bond donors (Lipinski definition) is 1. The fourth-order valence-electron chi connectivity index (χ4n) is 2.29. The van der Waals surface area contributed by atoms with Gasteiger partial charge in [0.1, 0.15) is 0 Å². The predicted octanol–water partition coefficient (Wildman–Crippen LogP) is 3.35. The molecule has 0 aliphatic carbocycles. The van der Waals surface area contributed by atoms with E-state index in [4.69, 9.17) is 17.3 Å². The molecule has 0 unspecified atom stereocenters. The largest absolute Gasteiger partial charge is 0.398 e. The minimum absolute atomic E-state index is 0.623. The first kappa shape index (κ1) is 13.0. The lowest BCUT2D eigenvalue weighted by atomic mass is 10.1. The highest BCUT2D eigenvalue weighted by Crippen LogP contribution is 2.24. The van der Waals surface area contributed by atoms with Crippen molar-refractivity contribution in [2.45, 2.75) is 33.7 Å². The Hall–Kier alpha value is -1.48. The van der Waals surface area contributed by atoms with E-state index in [1.807, 2.05) is 29.8 Å². The summed E-state index contributed by atoms with van der Waals surface area (Å²) in [6.45, 7) is 6.90. The van der Waals surface area contributed by atoms with Gasteiger partial charge in [-0.05, 0) is 38.0 Å². The Morgan fingerprint density at radius 2 is 2.00 bits per heavy atom. The van der Waals surface area contributed by atoms with Crippen molar-refractivity contribution in [2.24, 2.45) is 0 Å². The van der Waals surface area contributed by atoms with Crippen LogP contribution >= 0.6 is 11.6 Å². The molecule has 0 spiro atoms. The highest BCUT2D eigenvalue weighted by Gasteiger charge is 2.12. The number of hydrogen-bond acceptors (Lipinski definition) is 2. The van der Waals surface area contributed by atoms with Crippen molar-refractivity contribution in [3.8, 4) is 0 Å². The van der Waals surface area contributed by atoms with Gasteiger partial charge in [0, 0.05) is 22.0 Å². The van der Waals surface area contributed by atoms with E-state index in [0.717, 1.165) is 17.7 Å². The number of halogens is 1. The van der Waals surface area contributed by atoms with Gasteiger partial charge in [0.15, 0.2) is 0 Å². The molecule has 2 rings (SSSR count). The second kappa shape index (κ2) is 5.02. The Balaban J connectivity index is 2.41. The van der Waals surface area contributed by atoms with E-state index < -0.39 is 0 Å². The van der Waals surface area contributed by atoms with Crippen molar-refractivity contribution in [2.75, 3.05) is 5.73 Å². The van der Waals surface area contributed by atoms with Crippen molar-refractivity contribution in [3.05, 3.63) is 45.7 Å². The van der Waals surface area contributed by atoms with Gasteiger partial charge in [0.05, 0.1) is 12.2 Å². The molecule has 2 N–H and O–H groups in total. The maximum atomic E-state index is 6.19. The molecular formula is C14H18ClN3. The molecule has 3 nitrogen and oxygen atoms in total. The van der Waals surface area contributed by atoms with Crippen LogP contribution in [0.2, 0.25) is 5.02 Å². The van der Waals surface area contributed by atoms with Crippen LogP contribution in [0.25, 0.3) is 0 Å². The summed E-state index contributed by atoms with van der Waals surface area (Å²) in [5, 5.41) is 5.26. The summed E-state index contributed by atoms with van der Waals surface area (Å²) in [5.74, 6) is 0. The minimum Gasteiger partial charge on any atom is -0.398 e. The lowest BCUT2D eigenvalue weighted by Crippen LogP contribution is -2.07. The van der Waals surface area contributed by atoms with Gasteiger partial charge in [-0.25, -0.2) is 0 Å². The summed E-state index contributed by atoms with van der Waals surface area (Å²) >= 11 is 6.19. The van der Waals surface area contributed by atoms with E-state index in [9.17, 15) is 0 Å². The van der Waals surface area contributed by atoms with Crippen molar-refractivity contribution >= 4 is 17.3 Å². The first-order valence-electron chi connectivity index (χ1n) is 6.10. The number of nitrogen functional groups attached to an aromatic ring is 1. The Labute approximate surface area is 113 Å². The van der Waals surface area contributed by atoms with Crippen LogP contribution in [0, 0.1) is 13.8 Å². The first-order chi connectivity index (χ1) is 8.54. The van der Waals surface area contributed by atoms with Crippen molar-refractivity contribution in [3.63, 3.8) is 0 Å².